The molecule has 6 heteroatoms. The first-order chi connectivity index (χ1) is 12.7. The molecule has 0 spiro atoms. The number of aryl methyl sites for hydroxylation is 1. The lowest BCUT2D eigenvalue weighted by molar-refractivity contribution is -0.123. The minimum atomic E-state index is 0.0225. The molecule has 2 heterocycles. The molecule has 0 aliphatic carbocycles. The summed E-state index contributed by atoms with van der Waals surface area (Å²) in [7, 11) is 0. The predicted octanol–water partition coefficient (Wildman–Crippen LogP) is 2.04. The monoisotopic (exact) mass is 353 g/mol. The van der Waals surface area contributed by atoms with Gasteiger partial charge in [0, 0.05) is 38.6 Å². The summed E-state index contributed by atoms with van der Waals surface area (Å²) >= 11 is 0. The molecule has 1 atom stereocenters. The van der Waals surface area contributed by atoms with Gasteiger partial charge in [-0.15, -0.1) is 0 Å². The fourth-order valence-electron chi connectivity index (χ4n) is 3.21. The third kappa shape index (κ3) is 4.79. The molecule has 1 unspecified atom stereocenters. The first-order valence-electron chi connectivity index (χ1n) is 9.27. The van der Waals surface area contributed by atoms with Crippen LogP contribution in [-0.4, -0.2) is 53.5 Å². The van der Waals surface area contributed by atoms with Crippen LogP contribution in [0.2, 0.25) is 0 Å². The maximum atomic E-state index is 12.4. The highest BCUT2D eigenvalue weighted by atomic mass is 16.2. The molecular weight excluding hydrogens is 326 g/mol. The van der Waals surface area contributed by atoms with Crippen molar-refractivity contribution in [3.05, 3.63) is 54.0 Å². The van der Waals surface area contributed by atoms with Crippen LogP contribution in [0.25, 0.3) is 0 Å². The molecule has 1 saturated heterocycles. The van der Waals surface area contributed by atoms with Crippen LogP contribution in [0.1, 0.15) is 31.0 Å². The number of nitrogens with zero attached hydrogens (tertiary/aromatic N) is 4. The van der Waals surface area contributed by atoms with Crippen molar-refractivity contribution in [2.24, 2.45) is 0 Å². The van der Waals surface area contributed by atoms with Gasteiger partial charge in [-0.2, -0.15) is 0 Å². The molecule has 0 radical (unpaired) electrons. The third-order valence-electron chi connectivity index (χ3n) is 4.88. The fraction of sp³-hybridized carbons (Fsp3) is 0.450. The van der Waals surface area contributed by atoms with Crippen molar-refractivity contribution in [3.63, 3.8) is 0 Å². The molecule has 1 aromatic carbocycles. The van der Waals surface area contributed by atoms with Gasteiger partial charge in [0.25, 0.3) is 0 Å². The molecule has 1 amide bonds. The molecule has 1 aliphatic heterocycles. The summed E-state index contributed by atoms with van der Waals surface area (Å²) in [6.45, 7) is 8.04. The van der Waals surface area contributed by atoms with Crippen LogP contribution in [0.4, 0.5) is 5.82 Å². The summed E-state index contributed by atoms with van der Waals surface area (Å²) in [4.78, 5) is 25.2. The number of hydrogen-bond acceptors (Lipinski definition) is 5. The van der Waals surface area contributed by atoms with E-state index >= 15 is 0 Å². The lowest BCUT2D eigenvalue weighted by Gasteiger charge is -2.34. The predicted molar refractivity (Wildman–Crippen MR) is 103 cm³/mol. The van der Waals surface area contributed by atoms with Gasteiger partial charge in [-0.25, -0.2) is 4.98 Å². The Hall–Kier alpha value is -2.47. The van der Waals surface area contributed by atoms with Gasteiger partial charge in [-0.1, -0.05) is 31.2 Å². The Balaban J connectivity index is 1.45. The molecule has 1 N–H and O–H groups in total. The zero-order valence-electron chi connectivity index (χ0n) is 15.6. The summed E-state index contributed by atoms with van der Waals surface area (Å²) in [6, 6.07) is 8.48. The van der Waals surface area contributed by atoms with E-state index in [0.29, 0.717) is 6.54 Å². The van der Waals surface area contributed by atoms with Gasteiger partial charge in [-0.05, 0) is 24.5 Å². The van der Waals surface area contributed by atoms with Gasteiger partial charge in [0.15, 0.2) is 0 Å². The molecule has 1 aliphatic rings. The first kappa shape index (κ1) is 18.3. The van der Waals surface area contributed by atoms with Crippen molar-refractivity contribution in [1.82, 2.24) is 20.2 Å². The van der Waals surface area contributed by atoms with E-state index in [4.69, 9.17) is 0 Å². The fourth-order valence-corrected chi connectivity index (χ4v) is 3.21. The van der Waals surface area contributed by atoms with Crippen molar-refractivity contribution >= 4 is 11.7 Å². The summed E-state index contributed by atoms with van der Waals surface area (Å²) in [5.74, 6) is 0.978. The van der Waals surface area contributed by atoms with E-state index < -0.39 is 0 Å². The van der Waals surface area contributed by atoms with Crippen LogP contribution in [0, 0.1) is 0 Å². The van der Waals surface area contributed by atoms with Crippen LogP contribution < -0.4 is 10.2 Å². The highest BCUT2D eigenvalue weighted by molar-refractivity contribution is 5.78. The number of benzene rings is 1. The number of hydrogen-bond donors (Lipinski definition) is 1. The van der Waals surface area contributed by atoms with E-state index in [-0.39, 0.29) is 11.9 Å². The van der Waals surface area contributed by atoms with Crippen LogP contribution in [-0.2, 0) is 11.2 Å². The number of carbonyl (C=O) groups excluding carboxylic acids is 1. The van der Waals surface area contributed by atoms with E-state index in [1.165, 1.54) is 5.56 Å². The highest BCUT2D eigenvalue weighted by Crippen LogP contribution is 2.14. The molecule has 6 nitrogen and oxygen atoms in total. The Morgan fingerprint density at radius 1 is 1.15 bits per heavy atom. The number of amides is 1. The normalized spacial score (nSPS) is 16.3. The van der Waals surface area contributed by atoms with Crippen molar-refractivity contribution in [3.8, 4) is 0 Å². The van der Waals surface area contributed by atoms with E-state index in [1.54, 1.807) is 18.6 Å². The lowest BCUT2D eigenvalue weighted by Crippen LogP contribution is -2.50. The Bertz CT molecular complexity index is 696. The van der Waals surface area contributed by atoms with Crippen LogP contribution in [0.3, 0.4) is 0 Å². The van der Waals surface area contributed by atoms with Gasteiger partial charge in [0.2, 0.25) is 5.91 Å². The molecular formula is C20H27N5O. The standard InChI is InChI=1S/C20H27N5O/c1-3-17-4-6-18(7-5-17)16(2)23-20(26)15-24-10-12-25(13-11-24)19-14-21-8-9-22-19/h4-9,14,16H,3,10-13,15H2,1-2H3,(H,23,26). The molecule has 0 saturated carbocycles. The molecule has 138 valence electrons. The van der Waals surface area contributed by atoms with Crippen LogP contribution >= 0.6 is 0 Å². The summed E-state index contributed by atoms with van der Waals surface area (Å²) < 4.78 is 0. The Labute approximate surface area is 155 Å². The molecule has 0 bridgehead atoms. The average Bonchev–Trinajstić information content (AvgIpc) is 2.69. The SMILES string of the molecule is CCc1ccc(C(C)NC(=O)CN2CCN(c3cnccn3)CC2)cc1. The Kier molecular flexibility index (Phi) is 6.17. The van der Waals surface area contributed by atoms with Gasteiger partial charge in [0.1, 0.15) is 5.82 Å². The molecule has 2 aromatic rings. The first-order valence-corrected chi connectivity index (χ1v) is 9.27. The second-order valence-corrected chi connectivity index (χ2v) is 6.71. The second-order valence-electron chi connectivity index (χ2n) is 6.71. The van der Waals surface area contributed by atoms with E-state index in [0.717, 1.165) is 44.0 Å². The number of anilines is 1. The lowest BCUT2D eigenvalue weighted by atomic mass is 10.1. The minimum Gasteiger partial charge on any atom is -0.353 e. The van der Waals surface area contributed by atoms with E-state index in [9.17, 15) is 4.79 Å². The van der Waals surface area contributed by atoms with Crippen LogP contribution in [0.15, 0.2) is 42.9 Å². The summed E-state index contributed by atoms with van der Waals surface area (Å²) in [6.07, 6.45) is 6.21. The Morgan fingerprint density at radius 3 is 2.50 bits per heavy atom. The zero-order valence-corrected chi connectivity index (χ0v) is 15.6. The zero-order chi connectivity index (χ0) is 18.4. The van der Waals surface area contributed by atoms with Gasteiger partial charge >= 0.3 is 0 Å². The smallest absolute Gasteiger partial charge is 0.234 e. The number of aromatic nitrogens is 2. The average molecular weight is 353 g/mol. The molecule has 26 heavy (non-hydrogen) atoms. The highest BCUT2D eigenvalue weighted by Gasteiger charge is 2.20. The number of piperazine rings is 1. The molecule has 1 aromatic heterocycles. The third-order valence-corrected chi connectivity index (χ3v) is 4.88. The van der Waals surface area contributed by atoms with Crippen molar-refractivity contribution in [1.29, 1.82) is 0 Å². The number of carbonyl (C=O) groups is 1. The summed E-state index contributed by atoms with van der Waals surface area (Å²) in [5, 5.41) is 3.11. The van der Waals surface area contributed by atoms with Gasteiger partial charge in [0.05, 0.1) is 18.8 Å². The number of rotatable bonds is 6. The minimum absolute atomic E-state index is 0.0225. The van der Waals surface area contributed by atoms with E-state index in [2.05, 4.69) is 56.3 Å². The molecule has 3 rings (SSSR count). The quantitative estimate of drug-likeness (QED) is 0.861. The van der Waals surface area contributed by atoms with Crippen LogP contribution in [0.5, 0.6) is 0 Å². The largest absolute Gasteiger partial charge is 0.353 e. The van der Waals surface area contributed by atoms with Gasteiger partial charge in [-0.3, -0.25) is 14.7 Å². The maximum absolute atomic E-state index is 12.4. The Morgan fingerprint density at radius 2 is 1.88 bits per heavy atom. The van der Waals surface area contributed by atoms with Gasteiger partial charge < -0.3 is 10.2 Å². The van der Waals surface area contributed by atoms with Crippen molar-refractivity contribution < 1.29 is 4.79 Å². The number of nitrogens with one attached hydrogen (secondary N) is 1. The summed E-state index contributed by atoms with van der Waals surface area (Å²) in [5.41, 5.74) is 2.45. The maximum Gasteiger partial charge on any atom is 0.234 e. The molecule has 1 fully saturated rings. The topological polar surface area (TPSA) is 61.4 Å². The van der Waals surface area contributed by atoms with Crippen molar-refractivity contribution in [2.75, 3.05) is 37.6 Å². The van der Waals surface area contributed by atoms with E-state index in [1.807, 2.05) is 6.92 Å². The second kappa shape index (κ2) is 8.76. The van der Waals surface area contributed by atoms with Crippen molar-refractivity contribution in [2.45, 2.75) is 26.3 Å².